The Morgan fingerprint density at radius 1 is 0.586 bits per heavy atom. The van der Waals surface area contributed by atoms with Crippen LogP contribution in [0.3, 0.4) is 0 Å². The Bertz CT molecular complexity index is 578. The van der Waals surface area contributed by atoms with E-state index in [1.54, 1.807) is 11.8 Å². The largest absolute Gasteiger partial charge is 0.481 e. The zero-order chi connectivity index (χ0) is 21.2. The summed E-state index contributed by atoms with van der Waals surface area (Å²) in [4.78, 5) is 23.6. The third-order valence-corrected chi connectivity index (χ3v) is 7.13. The van der Waals surface area contributed by atoms with Crippen molar-refractivity contribution >= 4 is 35.5 Å². The van der Waals surface area contributed by atoms with Crippen molar-refractivity contribution in [3.8, 4) is 0 Å². The Labute approximate surface area is 184 Å². The van der Waals surface area contributed by atoms with Crippen molar-refractivity contribution in [2.45, 2.75) is 93.3 Å². The Balaban J connectivity index is 1.99. The van der Waals surface area contributed by atoms with Gasteiger partial charge < -0.3 is 10.2 Å². The predicted octanol–water partition coefficient (Wildman–Crippen LogP) is 7.11. The maximum Gasteiger partial charge on any atom is 0.303 e. The molecule has 0 aromatic heterocycles. The van der Waals surface area contributed by atoms with Gasteiger partial charge in [0.25, 0.3) is 0 Å². The van der Waals surface area contributed by atoms with E-state index in [4.69, 9.17) is 10.2 Å². The molecule has 29 heavy (non-hydrogen) atoms. The highest BCUT2D eigenvalue weighted by atomic mass is 32.2. The number of carbonyl (C=O) groups is 2. The van der Waals surface area contributed by atoms with Gasteiger partial charge in [-0.05, 0) is 42.9 Å². The number of benzene rings is 1. The van der Waals surface area contributed by atoms with E-state index in [2.05, 4.69) is 24.3 Å². The van der Waals surface area contributed by atoms with Crippen LogP contribution in [-0.4, -0.2) is 33.7 Å². The van der Waals surface area contributed by atoms with E-state index < -0.39 is 11.9 Å². The van der Waals surface area contributed by atoms with E-state index in [0.29, 0.717) is 12.8 Å². The molecule has 0 unspecified atom stereocenters. The first-order valence-electron chi connectivity index (χ1n) is 10.9. The fourth-order valence-corrected chi connectivity index (χ4v) is 5.27. The van der Waals surface area contributed by atoms with Crippen LogP contribution in [-0.2, 0) is 9.59 Å². The molecule has 1 rings (SSSR count). The van der Waals surface area contributed by atoms with Crippen molar-refractivity contribution in [3.63, 3.8) is 0 Å². The first-order chi connectivity index (χ1) is 14.1. The molecule has 0 aliphatic carbocycles. The monoisotopic (exact) mass is 440 g/mol. The lowest BCUT2D eigenvalue weighted by Crippen LogP contribution is -1.95. The molecule has 0 radical (unpaired) electrons. The second-order valence-electron chi connectivity index (χ2n) is 7.32. The summed E-state index contributed by atoms with van der Waals surface area (Å²) >= 11 is 3.68. The van der Waals surface area contributed by atoms with Crippen molar-refractivity contribution < 1.29 is 19.8 Å². The second-order valence-corrected chi connectivity index (χ2v) is 9.59. The Hall–Kier alpha value is -1.14. The van der Waals surface area contributed by atoms with E-state index >= 15 is 0 Å². The lowest BCUT2D eigenvalue weighted by Gasteiger charge is -2.08. The number of carboxylic acids is 2. The smallest absolute Gasteiger partial charge is 0.303 e. The zero-order valence-electron chi connectivity index (χ0n) is 17.4. The number of hydrogen-bond donors (Lipinski definition) is 2. The summed E-state index contributed by atoms with van der Waals surface area (Å²) in [7, 11) is 0. The molecule has 164 valence electrons. The first-order valence-corrected chi connectivity index (χ1v) is 12.8. The van der Waals surface area contributed by atoms with Crippen molar-refractivity contribution in [1.82, 2.24) is 0 Å². The highest BCUT2D eigenvalue weighted by Crippen LogP contribution is 2.32. The van der Waals surface area contributed by atoms with E-state index in [1.165, 1.54) is 54.7 Å². The van der Waals surface area contributed by atoms with Crippen molar-refractivity contribution in [1.29, 1.82) is 0 Å². The minimum Gasteiger partial charge on any atom is -0.481 e. The van der Waals surface area contributed by atoms with Gasteiger partial charge in [-0.2, -0.15) is 0 Å². The molecule has 0 aliphatic heterocycles. The summed E-state index contributed by atoms with van der Waals surface area (Å²) in [5.74, 6) is 0.588. The number of thioether (sulfide) groups is 2. The lowest BCUT2D eigenvalue weighted by atomic mass is 10.1. The van der Waals surface area contributed by atoms with Gasteiger partial charge in [-0.3, -0.25) is 9.59 Å². The van der Waals surface area contributed by atoms with E-state index in [-0.39, 0.29) is 6.42 Å². The highest BCUT2D eigenvalue weighted by molar-refractivity contribution is 8.02. The van der Waals surface area contributed by atoms with Gasteiger partial charge in [0.15, 0.2) is 0 Å². The molecule has 0 atom stereocenters. The van der Waals surface area contributed by atoms with Gasteiger partial charge in [0.05, 0.1) is 0 Å². The maximum atomic E-state index is 10.6. The van der Waals surface area contributed by atoms with Crippen molar-refractivity contribution in [2.24, 2.45) is 0 Å². The van der Waals surface area contributed by atoms with Gasteiger partial charge in [-0.1, -0.05) is 63.5 Å². The van der Waals surface area contributed by atoms with Crippen LogP contribution in [0.5, 0.6) is 0 Å². The molecule has 0 fully saturated rings. The minimum atomic E-state index is -0.719. The molecule has 0 heterocycles. The van der Waals surface area contributed by atoms with Crippen LogP contribution in [0.4, 0.5) is 0 Å². The van der Waals surface area contributed by atoms with Crippen molar-refractivity contribution in [3.05, 3.63) is 24.3 Å². The fourth-order valence-electron chi connectivity index (χ4n) is 3.07. The number of carboxylic acid groups (broad SMARTS) is 2. The molecule has 1 aromatic rings. The summed E-state index contributed by atoms with van der Waals surface area (Å²) in [6.45, 7) is 0. The molecule has 0 bridgehead atoms. The topological polar surface area (TPSA) is 74.6 Å². The summed E-state index contributed by atoms with van der Waals surface area (Å²) in [6.07, 6.45) is 13.2. The van der Waals surface area contributed by atoms with Crippen LogP contribution in [0.1, 0.15) is 83.5 Å². The summed E-state index contributed by atoms with van der Waals surface area (Å²) in [6, 6.07) is 8.43. The highest BCUT2D eigenvalue weighted by Gasteiger charge is 2.04. The quantitative estimate of drug-likeness (QED) is 0.176. The van der Waals surface area contributed by atoms with Gasteiger partial charge >= 0.3 is 11.9 Å². The Kier molecular flexibility index (Phi) is 15.8. The van der Waals surface area contributed by atoms with Crippen LogP contribution in [0, 0.1) is 0 Å². The molecule has 2 N–H and O–H groups in total. The average molecular weight is 441 g/mol. The molecule has 0 spiro atoms. The SMILES string of the molecule is O=C(O)CCCCCCCCCCCCSc1ccccc1SCCCC(=O)O. The molecule has 4 nitrogen and oxygen atoms in total. The van der Waals surface area contributed by atoms with Crippen LogP contribution in [0.15, 0.2) is 34.1 Å². The van der Waals surface area contributed by atoms with Crippen LogP contribution >= 0.6 is 23.5 Å². The van der Waals surface area contributed by atoms with Gasteiger partial charge in [0.2, 0.25) is 0 Å². The molecule has 0 saturated heterocycles. The third-order valence-electron chi connectivity index (χ3n) is 4.68. The van der Waals surface area contributed by atoms with E-state index in [0.717, 1.165) is 30.8 Å². The van der Waals surface area contributed by atoms with E-state index in [9.17, 15) is 9.59 Å². The Morgan fingerprint density at radius 2 is 0.966 bits per heavy atom. The van der Waals surface area contributed by atoms with Gasteiger partial charge in [-0.15, -0.1) is 23.5 Å². The molecular weight excluding hydrogens is 404 g/mol. The average Bonchev–Trinajstić information content (AvgIpc) is 2.69. The van der Waals surface area contributed by atoms with Gasteiger partial charge in [0.1, 0.15) is 0 Å². The first kappa shape index (κ1) is 25.9. The molecule has 0 saturated carbocycles. The van der Waals surface area contributed by atoms with Crippen molar-refractivity contribution in [2.75, 3.05) is 11.5 Å². The Morgan fingerprint density at radius 3 is 1.45 bits per heavy atom. The molecule has 0 amide bonds. The van der Waals surface area contributed by atoms with Crippen LogP contribution in [0.2, 0.25) is 0 Å². The van der Waals surface area contributed by atoms with Gasteiger partial charge in [0, 0.05) is 22.6 Å². The minimum absolute atomic E-state index is 0.243. The second kappa shape index (κ2) is 17.7. The zero-order valence-corrected chi connectivity index (χ0v) is 19.1. The molecule has 1 aromatic carbocycles. The summed E-state index contributed by atoms with van der Waals surface area (Å²) < 4.78 is 0. The van der Waals surface area contributed by atoms with Crippen LogP contribution < -0.4 is 0 Å². The summed E-state index contributed by atoms with van der Waals surface area (Å²) in [5, 5.41) is 17.3. The van der Waals surface area contributed by atoms with Crippen LogP contribution in [0.25, 0.3) is 0 Å². The normalized spacial score (nSPS) is 10.9. The standard InChI is InChI=1S/C23H36O4S2/c24-22(25)16-9-7-5-3-1-2-4-6-8-12-18-28-20-14-10-11-15-21(20)29-19-13-17-23(26)27/h10-11,14-15H,1-9,12-13,16-19H2,(H,24,25)(H,26,27). The number of aliphatic carboxylic acids is 2. The number of hydrogen-bond acceptors (Lipinski definition) is 4. The molecule has 6 heteroatoms. The molecular formula is C23H36O4S2. The van der Waals surface area contributed by atoms with E-state index in [1.807, 2.05) is 11.8 Å². The number of unbranched alkanes of at least 4 members (excludes halogenated alkanes) is 9. The lowest BCUT2D eigenvalue weighted by molar-refractivity contribution is -0.138. The van der Waals surface area contributed by atoms with Gasteiger partial charge in [-0.25, -0.2) is 0 Å². The fraction of sp³-hybridized carbons (Fsp3) is 0.652. The summed E-state index contributed by atoms with van der Waals surface area (Å²) in [5.41, 5.74) is 0. The third kappa shape index (κ3) is 15.4. The maximum absolute atomic E-state index is 10.6. The number of rotatable bonds is 19. The molecule has 0 aliphatic rings. The predicted molar refractivity (Wildman–Crippen MR) is 123 cm³/mol.